The van der Waals surface area contributed by atoms with Gasteiger partial charge in [0.25, 0.3) is 0 Å². The lowest BCUT2D eigenvalue weighted by atomic mass is 9.96. The number of benzene rings is 3. The van der Waals surface area contributed by atoms with Crippen molar-refractivity contribution in [2.45, 2.75) is 6.61 Å². The molecule has 0 amide bonds. The van der Waals surface area contributed by atoms with Gasteiger partial charge in [0.05, 0.1) is 5.69 Å². The molecule has 0 atom stereocenters. The molecule has 2 nitrogen and oxygen atoms in total. The first-order chi connectivity index (χ1) is 12.5. The Morgan fingerprint density at radius 1 is 1.00 bits per heavy atom. The summed E-state index contributed by atoms with van der Waals surface area (Å²) >= 11 is 12.0. The van der Waals surface area contributed by atoms with Gasteiger partial charge in [-0.3, -0.25) is 4.99 Å². The molecule has 0 aliphatic rings. The molecule has 0 saturated heterocycles. The summed E-state index contributed by atoms with van der Waals surface area (Å²) in [5.41, 5.74) is 2.88. The predicted octanol–water partition coefficient (Wildman–Crippen LogP) is 4.72. The fourth-order valence-electron chi connectivity index (χ4n) is 2.31. The van der Waals surface area contributed by atoms with Crippen molar-refractivity contribution < 1.29 is 9.13 Å². The first-order valence-electron chi connectivity index (χ1n) is 7.98. The molecule has 0 aromatic heterocycles. The second-order valence-electron chi connectivity index (χ2n) is 5.81. The quantitative estimate of drug-likeness (QED) is 0.460. The van der Waals surface area contributed by atoms with Gasteiger partial charge in [0.15, 0.2) is 0 Å². The zero-order valence-electron chi connectivity index (χ0n) is 14.0. The number of ether oxygens (including phenoxy) is 1. The van der Waals surface area contributed by atoms with Gasteiger partial charge in [-0.15, -0.1) is 0 Å². The molecule has 0 bridgehead atoms. The summed E-state index contributed by atoms with van der Waals surface area (Å²) in [5.74, 6) is 0.371. The van der Waals surface area contributed by atoms with Crippen molar-refractivity contribution in [2.24, 2.45) is 4.99 Å². The molecule has 26 heavy (non-hydrogen) atoms. The van der Waals surface area contributed by atoms with Crippen molar-refractivity contribution >= 4 is 48.4 Å². The Hall–Kier alpha value is -2.30. The lowest BCUT2D eigenvalue weighted by Gasteiger charge is -2.08. The Labute approximate surface area is 162 Å². The largest absolute Gasteiger partial charge is 0.489 e. The average Bonchev–Trinajstić information content (AvgIpc) is 2.61. The lowest BCUT2D eigenvalue weighted by molar-refractivity contribution is 0.306. The molecule has 0 heterocycles. The van der Waals surface area contributed by atoms with E-state index in [9.17, 15) is 4.39 Å². The van der Waals surface area contributed by atoms with Crippen LogP contribution in [0.4, 0.5) is 10.1 Å². The summed E-state index contributed by atoms with van der Waals surface area (Å²) in [6, 6.07) is 17.6. The number of hydrogen-bond donors (Lipinski definition) is 0. The standard InChI is InChI=1S/C20H15BCl2FNO/c21-15-4-8-20(19(24)9-15)25-11-13-1-6-17(7-2-13)26-12-14-3-5-16(22)10-18(14)23/h1-11H,12,21H2/b25-11+. The molecule has 0 radical (unpaired) electrons. The number of nitrogens with zero attached hydrogens (tertiary/aromatic N) is 1. The van der Waals surface area contributed by atoms with E-state index < -0.39 is 0 Å². The Kier molecular flexibility index (Phi) is 5.97. The van der Waals surface area contributed by atoms with E-state index in [0.717, 1.165) is 16.6 Å². The molecule has 6 heteroatoms. The maximum absolute atomic E-state index is 13.8. The maximum Gasteiger partial charge on any atom is 0.148 e. The molecular weight excluding hydrogens is 371 g/mol. The molecule has 3 aromatic carbocycles. The number of aliphatic imine (C=N–C) groups is 1. The molecule has 0 N–H and O–H groups in total. The van der Waals surface area contributed by atoms with Gasteiger partial charge in [0.2, 0.25) is 0 Å². The SMILES string of the molecule is Bc1ccc(/N=C/c2ccc(OCc3ccc(Cl)cc3Cl)cc2)c(F)c1. The van der Waals surface area contributed by atoms with E-state index in [0.29, 0.717) is 28.1 Å². The number of hydrogen-bond acceptors (Lipinski definition) is 2. The first kappa shape index (κ1) is 18.5. The van der Waals surface area contributed by atoms with Crippen molar-refractivity contribution in [3.05, 3.63) is 87.7 Å². The van der Waals surface area contributed by atoms with Crippen LogP contribution in [0, 0.1) is 5.82 Å². The van der Waals surface area contributed by atoms with E-state index >= 15 is 0 Å². The summed E-state index contributed by atoms with van der Waals surface area (Å²) in [5, 5.41) is 1.16. The van der Waals surface area contributed by atoms with Crippen molar-refractivity contribution in [3.8, 4) is 5.75 Å². The van der Waals surface area contributed by atoms with Gasteiger partial charge in [-0.05, 0) is 54.1 Å². The van der Waals surface area contributed by atoms with Crippen LogP contribution in [0.3, 0.4) is 0 Å². The van der Waals surface area contributed by atoms with Crippen LogP contribution in [-0.4, -0.2) is 14.1 Å². The van der Waals surface area contributed by atoms with Crippen LogP contribution in [0.2, 0.25) is 10.0 Å². The highest BCUT2D eigenvalue weighted by molar-refractivity contribution is 6.35. The highest BCUT2D eigenvalue weighted by atomic mass is 35.5. The third kappa shape index (κ3) is 4.87. The van der Waals surface area contributed by atoms with E-state index in [4.69, 9.17) is 27.9 Å². The van der Waals surface area contributed by atoms with Crippen molar-refractivity contribution in [2.75, 3.05) is 0 Å². The van der Waals surface area contributed by atoms with Crippen LogP contribution in [0.15, 0.2) is 65.7 Å². The molecule has 0 aliphatic heterocycles. The average molecular weight is 386 g/mol. The van der Waals surface area contributed by atoms with Crippen LogP contribution in [0.5, 0.6) is 5.75 Å². The van der Waals surface area contributed by atoms with Crippen molar-refractivity contribution in [1.29, 1.82) is 0 Å². The summed E-state index contributed by atoms with van der Waals surface area (Å²) in [7, 11) is 1.84. The smallest absolute Gasteiger partial charge is 0.148 e. The fraction of sp³-hybridized carbons (Fsp3) is 0.0500. The van der Waals surface area contributed by atoms with Gasteiger partial charge in [0, 0.05) is 21.8 Å². The molecule has 0 aliphatic carbocycles. The van der Waals surface area contributed by atoms with Gasteiger partial charge in [0.1, 0.15) is 26.0 Å². The van der Waals surface area contributed by atoms with E-state index in [-0.39, 0.29) is 5.82 Å². The Balaban J connectivity index is 1.63. The monoisotopic (exact) mass is 385 g/mol. The van der Waals surface area contributed by atoms with Crippen molar-refractivity contribution in [1.82, 2.24) is 0 Å². The Morgan fingerprint density at radius 3 is 2.46 bits per heavy atom. The van der Waals surface area contributed by atoms with Gasteiger partial charge < -0.3 is 4.74 Å². The minimum absolute atomic E-state index is 0.313. The summed E-state index contributed by atoms with van der Waals surface area (Å²) < 4.78 is 19.5. The normalized spacial score (nSPS) is 11.0. The molecule has 0 fully saturated rings. The van der Waals surface area contributed by atoms with Gasteiger partial charge in [-0.2, -0.15) is 0 Å². The summed E-state index contributed by atoms with van der Waals surface area (Å²) in [6.45, 7) is 0.345. The van der Waals surface area contributed by atoms with Gasteiger partial charge >= 0.3 is 0 Å². The molecular formula is C20H15BCl2FNO. The van der Waals surface area contributed by atoms with Crippen LogP contribution >= 0.6 is 23.2 Å². The van der Waals surface area contributed by atoms with E-state index in [1.54, 1.807) is 24.4 Å². The minimum atomic E-state index is -0.332. The van der Waals surface area contributed by atoms with Gasteiger partial charge in [-0.25, -0.2) is 4.39 Å². The second-order valence-corrected chi connectivity index (χ2v) is 6.65. The highest BCUT2D eigenvalue weighted by Gasteiger charge is 2.03. The summed E-state index contributed by atoms with van der Waals surface area (Å²) in [4.78, 5) is 4.19. The van der Waals surface area contributed by atoms with Gasteiger partial charge in [-0.1, -0.05) is 40.8 Å². The molecule has 130 valence electrons. The van der Waals surface area contributed by atoms with Crippen LogP contribution in [0.1, 0.15) is 11.1 Å². The fourth-order valence-corrected chi connectivity index (χ4v) is 2.77. The van der Waals surface area contributed by atoms with E-state index in [2.05, 4.69) is 4.99 Å². The summed E-state index contributed by atoms with van der Waals surface area (Å²) in [6.07, 6.45) is 1.62. The van der Waals surface area contributed by atoms with Crippen molar-refractivity contribution in [3.63, 3.8) is 0 Å². The molecule has 3 aromatic rings. The highest BCUT2D eigenvalue weighted by Crippen LogP contribution is 2.23. The Morgan fingerprint density at radius 2 is 1.77 bits per heavy atom. The van der Waals surface area contributed by atoms with E-state index in [1.165, 1.54) is 6.07 Å². The predicted molar refractivity (Wildman–Crippen MR) is 109 cm³/mol. The lowest BCUT2D eigenvalue weighted by Crippen LogP contribution is -2.01. The van der Waals surface area contributed by atoms with Crippen LogP contribution in [-0.2, 0) is 6.61 Å². The zero-order valence-corrected chi connectivity index (χ0v) is 15.6. The second kappa shape index (κ2) is 8.39. The molecule has 0 saturated carbocycles. The zero-order chi connectivity index (χ0) is 18.5. The number of halogens is 3. The molecule has 0 spiro atoms. The first-order valence-corrected chi connectivity index (χ1v) is 8.74. The molecule has 0 unspecified atom stereocenters. The van der Waals surface area contributed by atoms with Crippen LogP contribution in [0.25, 0.3) is 0 Å². The Bertz CT molecular complexity index is 945. The topological polar surface area (TPSA) is 21.6 Å². The minimum Gasteiger partial charge on any atom is -0.489 e. The third-order valence-electron chi connectivity index (χ3n) is 3.75. The molecule has 3 rings (SSSR count). The van der Waals surface area contributed by atoms with Crippen LogP contribution < -0.4 is 10.2 Å². The third-order valence-corrected chi connectivity index (χ3v) is 4.33. The van der Waals surface area contributed by atoms with E-state index in [1.807, 2.05) is 44.2 Å². The maximum atomic E-state index is 13.8. The number of rotatable bonds is 5.